The van der Waals surface area contributed by atoms with Crippen LogP contribution in [0.5, 0.6) is 0 Å². The molecule has 2 amide bonds. The Morgan fingerprint density at radius 3 is 2.45 bits per heavy atom. The van der Waals surface area contributed by atoms with Gasteiger partial charge in [-0.3, -0.25) is 9.59 Å². The second kappa shape index (κ2) is 7.73. The fraction of sp³-hybridized carbons (Fsp3) is 0.214. The fourth-order valence-corrected chi connectivity index (χ4v) is 1.49. The largest absolute Gasteiger partial charge is 0.480 e. The highest BCUT2D eigenvalue weighted by Crippen LogP contribution is 1.97. The lowest BCUT2D eigenvalue weighted by Gasteiger charge is -2.12. The number of benzene rings is 1. The zero-order chi connectivity index (χ0) is 15.0. The molecule has 0 bridgehead atoms. The number of aliphatic carboxylic acids is 1. The molecule has 6 heteroatoms. The summed E-state index contributed by atoms with van der Waals surface area (Å²) in [6.45, 7) is 3.14. The summed E-state index contributed by atoms with van der Waals surface area (Å²) in [4.78, 5) is 34.1. The first-order valence-corrected chi connectivity index (χ1v) is 6.01. The van der Waals surface area contributed by atoms with E-state index in [1.54, 1.807) is 30.3 Å². The summed E-state index contributed by atoms with van der Waals surface area (Å²) in [6.07, 6.45) is 1.52. The van der Waals surface area contributed by atoms with E-state index in [0.29, 0.717) is 5.56 Å². The van der Waals surface area contributed by atoms with Crippen molar-refractivity contribution in [3.8, 4) is 0 Å². The number of carboxylic acid groups (broad SMARTS) is 1. The van der Waals surface area contributed by atoms with E-state index >= 15 is 0 Å². The van der Waals surface area contributed by atoms with Gasteiger partial charge in [-0.2, -0.15) is 0 Å². The Balaban J connectivity index is 2.45. The van der Waals surface area contributed by atoms with Crippen LogP contribution in [0.4, 0.5) is 0 Å². The van der Waals surface area contributed by atoms with Crippen molar-refractivity contribution in [1.29, 1.82) is 0 Å². The number of carbonyl (C=O) groups excluding carboxylic acids is 2. The van der Waals surface area contributed by atoms with Crippen LogP contribution in [-0.2, 0) is 9.59 Å². The number of hydrogen-bond donors (Lipinski definition) is 3. The molecule has 106 valence electrons. The van der Waals surface area contributed by atoms with Gasteiger partial charge in [0, 0.05) is 5.56 Å². The smallest absolute Gasteiger partial charge is 0.326 e. The molecule has 0 saturated heterocycles. The summed E-state index contributed by atoms with van der Waals surface area (Å²) in [5.74, 6) is -2.10. The van der Waals surface area contributed by atoms with Gasteiger partial charge in [0.2, 0.25) is 5.91 Å². The van der Waals surface area contributed by atoms with E-state index in [0.717, 1.165) is 0 Å². The van der Waals surface area contributed by atoms with Gasteiger partial charge < -0.3 is 15.7 Å². The molecule has 0 aliphatic rings. The van der Waals surface area contributed by atoms with Crippen LogP contribution < -0.4 is 10.6 Å². The van der Waals surface area contributed by atoms with E-state index in [1.807, 2.05) is 0 Å². The van der Waals surface area contributed by atoms with Crippen LogP contribution in [0.2, 0.25) is 0 Å². The summed E-state index contributed by atoms with van der Waals surface area (Å²) >= 11 is 0. The first-order chi connectivity index (χ1) is 9.54. The quantitative estimate of drug-likeness (QED) is 0.634. The number of rotatable bonds is 7. The minimum absolute atomic E-state index is 0.119. The van der Waals surface area contributed by atoms with Crippen molar-refractivity contribution in [1.82, 2.24) is 10.6 Å². The lowest BCUT2D eigenvalue weighted by atomic mass is 10.2. The summed E-state index contributed by atoms with van der Waals surface area (Å²) in [5.41, 5.74) is 0.432. The van der Waals surface area contributed by atoms with Gasteiger partial charge in [-0.1, -0.05) is 24.3 Å². The van der Waals surface area contributed by atoms with Gasteiger partial charge in [-0.25, -0.2) is 4.79 Å². The monoisotopic (exact) mass is 276 g/mol. The molecule has 0 aliphatic heterocycles. The Hall–Kier alpha value is -2.63. The molecule has 0 spiro atoms. The first-order valence-electron chi connectivity index (χ1n) is 6.01. The molecule has 0 unspecified atom stereocenters. The average Bonchev–Trinajstić information content (AvgIpc) is 2.45. The first kappa shape index (κ1) is 15.4. The van der Waals surface area contributed by atoms with Gasteiger partial charge in [-0.05, 0) is 18.6 Å². The third-order valence-corrected chi connectivity index (χ3v) is 2.48. The van der Waals surface area contributed by atoms with Gasteiger partial charge in [-0.15, -0.1) is 6.58 Å². The van der Waals surface area contributed by atoms with Crippen molar-refractivity contribution in [2.75, 3.05) is 6.54 Å². The maximum Gasteiger partial charge on any atom is 0.326 e. The standard InChI is InChI=1S/C14H16N2O4/c1-2-6-11(14(19)20)16-12(17)9-15-13(18)10-7-4-3-5-8-10/h2-5,7-8,11H,1,6,9H2,(H,15,18)(H,16,17)(H,19,20)/t11-/m1/s1. The second-order valence-corrected chi connectivity index (χ2v) is 4.03. The Bertz CT molecular complexity index is 499. The molecule has 0 saturated carbocycles. The van der Waals surface area contributed by atoms with Crippen molar-refractivity contribution in [3.05, 3.63) is 48.6 Å². The van der Waals surface area contributed by atoms with E-state index in [-0.39, 0.29) is 13.0 Å². The summed E-state index contributed by atoms with van der Waals surface area (Å²) in [7, 11) is 0. The molecule has 0 aromatic heterocycles. The molecule has 1 aromatic rings. The Kier molecular flexibility index (Phi) is 5.96. The zero-order valence-corrected chi connectivity index (χ0v) is 10.8. The van der Waals surface area contributed by atoms with E-state index in [4.69, 9.17) is 5.11 Å². The number of hydrogen-bond acceptors (Lipinski definition) is 3. The number of nitrogens with one attached hydrogen (secondary N) is 2. The maximum atomic E-state index is 11.7. The van der Waals surface area contributed by atoms with E-state index in [2.05, 4.69) is 17.2 Å². The van der Waals surface area contributed by atoms with E-state index in [9.17, 15) is 14.4 Å². The predicted octanol–water partition coefficient (Wildman–Crippen LogP) is 0.562. The molecule has 6 nitrogen and oxygen atoms in total. The van der Waals surface area contributed by atoms with Gasteiger partial charge >= 0.3 is 5.97 Å². The molecule has 1 atom stereocenters. The van der Waals surface area contributed by atoms with Crippen molar-refractivity contribution >= 4 is 17.8 Å². The van der Waals surface area contributed by atoms with Gasteiger partial charge in [0.05, 0.1) is 6.54 Å². The van der Waals surface area contributed by atoms with Crippen LogP contribution in [-0.4, -0.2) is 35.5 Å². The SMILES string of the molecule is C=CC[C@@H](NC(=O)CNC(=O)c1ccccc1)C(=O)O. The van der Waals surface area contributed by atoms with Gasteiger partial charge in [0.25, 0.3) is 5.91 Å². The Morgan fingerprint density at radius 2 is 1.90 bits per heavy atom. The third kappa shape index (κ3) is 4.93. The van der Waals surface area contributed by atoms with Crippen LogP contribution in [0.15, 0.2) is 43.0 Å². The summed E-state index contributed by atoms with van der Waals surface area (Å²) in [5, 5.41) is 13.6. The lowest BCUT2D eigenvalue weighted by Crippen LogP contribution is -2.45. The molecule has 0 fully saturated rings. The third-order valence-electron chi connectivity index (χ3n) is 2.48. The molecule has 1 rings (SSSR count). The van der Waals surface area contributed by atoms with Gasteiger partial charge in [0.1, 0.15) is 6.04 Å². The van der Waals surface area contributed by atoms with Crippen LogP contribution in [0.1, 0.15) is 16.8 Å². The number of carbonyl (C=O) groups is 3. The Labute approximate surface area is 116 Å². The topological polar surface area (TPSA) is 95.5 Å². The molecule has 1 aromatic carbocycles. The van der Waals surface area contributed by atoms with Crippen LogP contribution in [0, 0.1) is 0 Å². The summed E-state index contributed by atoms with van der Waals surface area (Å²) < 4.78 is 0. The maximum absolute atomic E-state index is 11.7. The predicted molar refractivity (Wildman–Crippen MR) is 73.2 cm³/mol. The zero-order valence-electron chi connectivity index (χ0n) is 10.8. The van der Waals surface area contributed by atoms with Crippen molar-refractivity contribution in [2.45, 2.75) is 12.5 Å². The summed E-state index contributed by atoms with van der Waals surface area (Å²) in [6, 6.07) is 7.39. The molecule has 3 N–H and O–H groups in total. The highest BCUT2D eigenvalue weighted by molar-refractivity contribution is 5.96. The van der Waals surface area contributed by atoms with E-state index < -0.39 is 23.8 Å². The van der Waals surface area contributed by atoms with Crippen LogP contribution in [0.25, 0.3) is 0 Å². The average molecular weight is 276 g/mol. The molecule has 0 radical (unpaired) electrons. The molecule has 20 heavy (non-hydrogen) atoms. The Morgan fingerprint density at radius 1 is 1.25 bits per heavy atom. The van der Waals surface area contributed by atoms with Crippen molar-refractivity contribution in [2.24, 2.45) is 0 Å². The van der Waals surface area contributed by atoms with Gasteiger partial charge in [0.15, 0.2) is 0 Å². The number of carboxylic acids is 1. The van der Waals surface area contributed by atoms with Crippen LogP contribution in [0.3, 0.4) is 0 Å². The minimum Gasteiger partial charge on any atom is -0.480 e. The van der Waals surface area contributed by atoms with Crippen LogP contribution >= 0.6 is 0 Å². The van der Waals surface area contributed by atoms with Crippen molar-refractivity contribution in [3.63, 3.8) is 0 Å². The normalized spacial score (nSPS) is 11.2. The highest BCUT2D eigenvalue weighted by atomic mass is 16.4. The minimum atomic E-state index is -1.15. The number of amides is 2. The van der Waals surface area contributed by atoms with Crippen molar-refractivity contribution < 1.29 is 19.5 Å². The molecule has 0 heterocycles. The lowest BCUT2D eigenvalue weighted by molar-refractivity contribution is -0.141. The second-order valence-electron chi connectivity index (χ2n) is 4.03. The fourth-order valence-electron chi connectivity index (χ4n) is 1.49. The molecule has 0 aliphatic carbocycles. The molecular formula is C14H16N2O4. The van der Waals surface area contributed by atoms with E-state index in [1.165, 1.54) is 6.08 Å². The highest BCUT2D eigenvalue weighted by Gasteiger charge is 2.18. The molecular weight excluding hydrogens is 260 g/mol.